The van der Waals surface area contributed by atoms with E-state index in [1.54, 1.807) is 12.0 Å². The second kappa shape index (κ2) is 7.88. The fraction of sp³-hybridized carbons (Fsp3) is 0.286. The van der Waals surface area contributed by atoms with Crippen LogP contribution in [0.25, 0.3) is 6.08 Å². The van der Waals surface area contributed by atoms with Crippen LogP contribution in [-0.2, 0) is 4.74 Å². The third kappa shape index (κ3) is 3.68. The van der Waals surface area contributed by atoms with Crippen molar-refractivity contribution < 1.29 is 14.3 Å². The minimum Gasteiger partial charge on any atom is -0.496 e. The molecule has 1 fully saturated rings. The number of rotatable bonds is 6. The van der Waals surface area contributed by atoms with E-state index >= 15 is 0 Å². The number of cyclic esters (lactones) is 1. The van der Waals surface area contributed by atoms with Gasteiger partial charge in [0.25, 0.3) is 0 Å². The molecular weight excluding hydrogens is 314 g/mol. The summed E-state index contributed by atoms with van der Waals surface area (Å²) in [5.41, 5.74) is 1.94. The molecule has 4 heteroatoms. The SMILES string of the molecule is CCCCN1C(=O)OC(=Cc2ccccc2)C1c1ccccc1OC. The van der Waals surface area contributed by atoms with Crippen molar-refractivity contribution >= 4 is 12.2 Å². The quantitative estimate of drug-likeness (QED) is 0.742. The Bertz CT molecular complexity index is 755. The number of hydrogen-bond acceptors (Lipinski definition) is 3. The van der Waals surface area contributed by atoms with Crippen molar-refractivity contribution in [1.82, 2.24) is 4.90 Å². The van der Waals surface area contributed by atoms with E-state index in [2.05, 4.69) is 6.92 Å². The molecule has 0 aromatic heterocycles. The van der Waals surface area contributed by atoms with E-state index in [1.807, 2.05) is 60.7 Å². The Morgan fingerprint density at radius 1 is 1.12 bits per heavy atom. The van der Waals surface area contributed by atoms with Crippen molar-refractivity contribution in [2.75, 3.05) is 13.7 Å². The number of benzene rings is 2. The Morgan fingerprint density at radius 3 is 2.56 bits per heavy atom. The number of carbonyl (C=O) groups excluding carboxylic acids is 1. The van der Waals surface area contributed by atoms with E-state index in [9.17, 15) is 4.79 Å². The van der Waals surface area contributed by atoms with Gasteiger partial charge in [-0.3, -0.25) is 4.90 Å². The maximum atomic E-state index is 12.5. The van der Waals surface area contributed by atoms with Crippen molar-refractivity contribution in [3.63, 3.8) is 0 Å². The average molecular weight is 337 g/mol. The first-order chi connectivity index (χ1) is 12.2. The van der Waals surface area contributed by atoms with E-state index in [-0.39, 0.29) is 12.1 Å². The Hall–Kier alpha value is -2.75. The van der Waals surface area contributed by atoms with Crippen LogP contribution in [0.3, 0.4) is 0 Å². The van der Waals surface area contributed by atoms with Crippen LogP contribution in [0.2, 0.25) is 0 Å². The highest BCUT2D eigenvalue weighted by molar-refractivity contribution is 5.76. The van der Waals surface area contributed by atoms with Gasteiger partial charge in [0, 0.05) is 12.1 Å². The summed E-state index contributed by atoms with van der Waals surface area (Å²) in [7, 11) is 1.65. The van der Waals surface area contributed by atoms with Gasteiger partial charge in [0.2, 0.25) is 0 Å². The molecule has 3 rings (SSSR count). The van der Waals surface area contributed by atoms with Crippen LogP contribution in [0, 0.1) is 0 Å². The predicted molar refractivity (Wildman–Crippen MR) is 98.2 cm³/mol. The lowest BCUT2D eigenvalue weighted by Gasteiger charge is -2.23. The molecule has 1 amide bonds. The van der Waals surface area contributed by atoms with Gasteiger partial charge in [0.15, 0.2) is 0 Å². The maximum absolute atomic E-state index is 12.5. The van der Waals surface area contributed by atoms with Crippen molar-refractivity contribution in [1.29, 1.82) is 0 Å². The molecule has 0 N–H and O–H groups in total. The Balaban J connectivity index is 2.04. The smallest absolute Gasteiger partial charge is 0.415 e. The Kier molecular flexibility index (Phi) is 5.39. The van der Waals surface area contributed by atoms with Crippen LogP contribution in [0.1, 0.15) is 36.9 Å². The first kappa shape index (κ1) is 17.1. The molecule has 2 aromatic rings. The van der Waals surface area contributed by atoms with Crippen LogP contribution in [0.4, 0.5) is 4.79 Å². The molecule has 25 heavy (non-hydrogen) atoms. The first-order valence-corrected chi connectivity index (χ1v) is 8.62. The van der Waals surface area contributed by atoms with Gasteiger partial charge in [-0.25, -0.2) is 4.79 Å². The minimum atomic E-state index is -0.300. The zero-order valence-electron chi connectivity index (χ0n) is 14.6. The molecule has 0 aliphatic carbocycles. The number of methoxy groups -OCH3 is 1. The number of amides is 1. The summed E-state index contributed by atoms with van der Waals surface area (Å²) in [6.07, 6.45) is 3.58. The van der Waals surface area contributed by atoms with Gasteiger partial charge in [-0.05, 0) is 24.1 Å². The standard InChI is InChI=1S/C21H23NO3/c1-3-4-14-22-20(17-12-8-9-13-18(17)24-2)19(25-21(22)23)15-16-10-6-5-7-11-16/h5-13,15,20H,3-4,14H2,1-2H3. The normalized spacial score (nSPS) is 18.5. The molecule has 1 aliphatic heterocycles. The highest BCUT2D eigenvalue weighted by Gasteiger charge is 2.39. The van der Waals surface area contributed by atoms with Crippen molar-refractivity contribution in [2.45, 2.75) is 25.8 Å². The van der Waals surface area contributed by atoms with Gasteiger partial charge in [0.05, 0.1) is 7.11 Å². The van der Waals surface area contributed by atoms with Crippen LogP contribution >= 0.6 is 0 Å². The molecule has 1 saturated heterocycles. The lowest BCUT2D eigenvalue weighted by atomic mass is 10.0. The summed E-state index contributed by atoms with van der Waals surface area (Å²) >= 11 is 0. The molecule has 1 heterocycles. The molecule has 0 radical (unpaired) electrons. The molecular formula is C21H23NO3. The van der Waals surface area contributed by atoms with Crippen LogP contribution in [0.15, 0.2) is 60.4 Å². The number of para-hydroxylation sites is 1. The monoisotopic (exact) mass is 337 g/mol. The lowest BCUT2D eigenvalue weighted by Crippen LogP contribution is -2.28. The molecule has 2 aromatic carbocycles. The zero-order valence-corrected chi connectivity index (χ0v) is 14.6. The van der Waals surface area contributed by atoms with E-state index < -0.39 is 0 Å². The van der Waals surface area contributed by atoms with Gasteiger partial charge in [-0.15, -0.1) is 0 Å². The molecule has 0 saturated carbocycles. The van der Waals surface area contributed by atoms with E-state index in [4.69, 9.17) is 9.47 Å². The number of carbonyl (C=O) groups is 1. The maximum Gasteiger partial charge on any atom is 0.415 e. The van der Waals surface area contributed by atoms with Gasteiger partial charge in [0.1, 0.15) is 17.6 Å². The number of nitrogens with zero attached hydrogens (tertiary/aromatic N) is 1. The van der Waals surface area contributed by atoms with Gasteiger partial charge in [-0.1, -0.05) is 61.9 Å². The molecule has 0 spiro atoms. The highest BCUT2D eigenvalue weighted by Crippen LogP contribution is 2.41. The molecule has 1 aliphatic rings. The molecule has 4 nitrogen and oxygen atoms in total. The summed E-state index contributed by atoms with van der Waals surface area (Å²) in [6.45, 7) is 2.77. The summed E-state index contributed by atoms with van der Waals surface area (Å²) in [4.78, 5) is 14.3. The second-order valence-corrected chi connectivity index (χ2v) is 6.02. The van der Waals surface area contributed by atoms with E-state index in [0.29, 0.717) is 12.3 Å². The third-order valence-electron chi connectivity index (χ3n) is 4.32. The largest absolute Gasteiger partial charge is 0.496 e. The average Bonchev–Trinajstić information content (AvgIpc) is 2.95. The molecule has 130 valence electrons. The summed E-state index contributed by atoms with van der Waals surface area (Å²) in [5, 5.41) is 0. The first-order valence-electron chi connectivity index (χ1n) is 8.62. The Labute approximate surface area is 148 Å². The number of unbranched alkanes of at least 4 members (excludes halogenated alkanes) is 1. The highest BCUT2D eigenvalue weighted by atomic mass is 16.6. The lowest BCUT2D eigenvalue weighted by molar-refractivity contribution is 0.164. The van der Waals surface area contributed by atoms with Crippen molar-refractivity contribution in [3.8, 4) is 5.75 Å². The van der Waals surface area contributed by atoms with Gasteiger partial charge in [-0.2, -0.15) is 0 Å². The van der Waals surface area contributed by atoms with Gasteiger partial charge < -0.3 is 9.47 Å². The van der Waals surface area contributed by atoms with Crippen LogP contribution in [0.5, 0.6) is 5.75 Å². The molecule has 1 atom stereocenters. The molecule has 1 unspecified atom stereocenters. The fourth-order valence-corrected chi connectivity index (χ4v) is 3.06. The summed E-state index contributed by atoms with van der Waals surface area (Å²) in [6, 6.07) is 17.4. The van der Waals surface area contributed by atoms with E-state index in [0.717, 1.165) is 29.7 Å². The summed E-state index contributed by atoms with van der Waals surface area (Å²) in [5.74, 6) is 1.39. The summed E-state index contributed by atoms with van der Waals surface area (Å²) < 4.78 is 11.2. The third-order valence-corrected chi connectivity index (χ3v) is 4.32. The molecule has 0 bridgehead atoms. The van der Waals surface area contributed by atoms with Crippen molar-refractivity contribution in [2.24, 2.45) is 0 Å². The van der Waals surface area contributed by atoms with Crippen LogP contribution < -0.4 is 4.74 Å². The number of hydrogen-bond donors (Lipinski definition) is 0. The minimum absolute atomic E-state index is 0.268. The Morgan fingerprint density at radius 2 is 1.84 bits per heavy atom. The predicted octanol–water partition coefficient (Wildman–Crippen LogP) is 5.03. The topological polar surface area (TPSA) is 38.8 Å². The zero-order chi connectivity index (χ0) is 17.6. The fourth-order valence-electron chi connectivity index (χ4n) is 3.06. The van der Waals surface area contributed by atoms with Crippen LogP contribution in [-0.4, -0.2) is 24.6 Å². The number of ether oxygens (including phenoxy) is 2. The second-order valence-electron chi connectivity index (χ2n) is 6.02. The van der Waals surface area contributed by atoms with Crippen molar-refractivity contribution in [3.05, 3.63) is 71.5 Å². The van der Waals surface area contributed by atoms with Gasteiger partial charge >= 0.3 is 6.09 Å². The van der Waals surface area contributed by atoms with E-state index in [1.165, 1.54) is 0 Å².